The lowest BCUT2D eigenvalue weighted by Gasteiger charge is -2.18. The molecule has 0 fully saturated rings. The van der Waals surface area contributed by atoms with Gasteiger partial charge in [-0.05, 0) is 49.2 Å². The number of ether oxygens (including phenoxy) is 1. The summed E-state index contributed by atoms with van der Waals surface area (Å²) in [5, 5.41) is 28.7. The molecule has 188 valence electrons. The van der Waals surface area contributed by atoms with Crippen molar-refractivity contribution >= 4 is 5.97 Å². The number of imidazole rings is 1. The van der Waals surface area contributed by atoms with Crippen molar-refractivity contribution in [2.45, 2.75) is 44.2 Å². The van der Waals surface area contributed by atoms with E-state index in [1.165, 1.54) is 25.3 Å². The van der Waals surface area contributed by atoms with Crippen LogP contribution in [-0.2, 0) is 17.5 Å². The van der Waals surface area contributed by atoms with Gasteiger partial charge in [-0.2, -0.15) is 13.2 Å². The van der Waals surface area contributed by atoms with Crippen LogP contribution in [0.3, 0.4) is 0 Å². The van der Waals surface area contributed by atoms with Gasteiger partial charge in [0.1, 0.15) is 11.6 Å². The van der Waals surface area contributed by atoms with Crippen LogP contribution < -0.4 is 4.74 Å². The summed E-state index contributed by atoms with van der Waals surface area (Å²) < 4.78 is 61.7. The second-order valence-corrected chi connectivity index (χ2v) is 7.95. The van der Waals surface area contributed by atoms with E-state index in [1.807, 2.05) is 0 Å². The van der Waals surface area contributed by atoms with Gasteiger partial charge in [-0.15, -0.1) is 0 Å². The van der Waals surface area contributed by atoms with E-state index in [0.29, 0.717) is 11.3 Å². The van der Waals surface area contributed by atoms with Crippen LogP contribution in [0, 0.1) is 5.82 Å². The third-order valence-corrected chi connectivity index (χ3v) is 5.32. The van der Waals surface area contributed by atoms with E-state index in [-0.39, 0.29) is 36.3 Å². The Balaban J connectivity index is 2.08. The van der Waals surface area contributed by atoms with Gasteiger partial charge in [0.25, 0.3) is 0 Å². The van der Waals surface area contributed by atoms with E-state index >= 15 is 0 Å². The van der Waals surface area contributed by atoms with Crippen LogP contribution >= 0.6 is 0 Å². The van der Waals surface area contributed by atoms with Crippen LogP contribution in [0.4, 0.5) is 17.6 Å². The highest BCUT2D eigenvalue weighted by Gasteiger charge is 2.39. The lowest BCUT2D eigenvalue weighted by atomic mass is 10.0. The predicted octanol–water partition coefficient (Wildman–Crippen LogP) is 4.36. The molecule has 0 unspecified atom stereocenters. The van der Waals surface area contributed by atoms with Crippen molar-refractivity contribution in [3.63, 3.8) is 0 Å². The van der Waals surface area contributed by atoms with Gasteiger partial charge in [-0.25, -0.2) is 9.37 Å². The minimum absolute atomic E-state index is 0.0109. The predicted molar refractivity (Wildman–Crippen MR) is 118 cm³/mol. The number of alkyl halides is 3. The average molecular weight is 496 g/mol. The molecule has 0 aliphatic rings. The number of methoxy groups -OCH3 is 1. The molecule has 0 saturated heterocycles. The fraction of sp³-hybridized carbons (Fsp3) is 0.333. The molecule has 1 heterocycles. The van der Waals surface area contributed by atoms with Crippen molar-refractivity contribution < 1.29 is 42.4 Å². The number of aliphatic hydroxyl groups excluding tert-OH is 2. The molecule has 0 radical (unpaired) electrons. The van der Waals surface area contributed by atoms with Crippen molar-refractivity contribution in [2.75, 3.05) is 7.11 Å². The number of hydrogen-bond acceptors (Lipinski definition) is 5. The average Bonchev–Trinajstić information content (AvgIpc) is 3.17. The summed E-state index contributed by atoms with van der Waals surface area (Å²) in [6.45, 7) is -0.348. The molecule has 3 N–H and O–H groups in total. The van der Waals surface area contributed by atoms with Gasteiger partial charge in [-0.1, -0.05) is 12.1 Å². The normalized spacial score (nSPS) is 13.5. The lowest BCUT2D eigenvalue weighted by Crippen LogP contribution is -2.23. The first-order valence-electron chi connectivity index (χ1n) is 10.7. The second kappa shape index (κ2) is 10.9. The van der Waals surface area contributed by atoms with Crippen LogP contribution in [0.5, 0.6) is 5.75 Å². The fourth-order valence-corrected chi connectivity index (χ4v) is 3.75. The van der Waals surface area contributed by atoms with Gasteiger partial charge in [-0.3, -0.25) is 4.79 Å². The number of halogens is 4. The molecule has 3 rings (SSSR count). The summed E-state index contributed by atoms with van der Waals surface area (Å²) in [7, 11) is 1.42. The lowest BCUT2D eigenvalue weighted by molar-refractivity contribution is -0.147. The molecule has 0 amide bonds. The van der Waals surface area contributed by atoms with Gasteiger partial charge in [0.2, 0.25) is 5.82 Å². The third-order valence-electron chi connectivity index (χ3n) is 5.32. The first kappa shape index (κ1) is 26.2. The van der Waals surface area contributed by atoms with E-state index in [2.05, 4.69) is 4.98 Å². The molecule has 2 atom stereocenters. The Kier molecular flexibility index (Phi) is 8.13. The number of hydrogen-bond donors (Lipinski definition) is 3. The van der Waals surface area contributed by atoms with Crippen LogP contribution in [0.15, 0.2) is 48.5 Å². The van der Waals surface area contributed by atoms with E-state index in [1.54, 1.807) is 18.2 Å². The molecule has 0 saturated carbocycles. The van der Waals surface area contributed by atoms with Crippen LogP contribution in [0.25, 0.3) is 22.5 Å². The minimum atomic E-state index is -4.85. The van der Waals surface area contributed by atoms with Crippen molar-refractivity contribution in [1.29, 1.82) is 0 Å². The smallest absolute Gasteiger partial charge is 0.449 e. The van der Waals surface area contributed by atoms with Crippen molar-refractivity contribution in [3.05, 3.63) is 60.2 Å². The minimum Gasteiger partial charge on any atom is -0.497 e. The molecule has 11 heteroatoms. The molecular formula is C24H24F4N2O5. The number of aromatic nitrogens is 2. The van der Waals surface area contributed by atoms with Gasteiger partial charge in [0.05, 0.1) is 37.1 Å². The molecule has 1 aromatic heterocycles. The Morgan fingerprint density at radius 2 is 1.77 bits per heavy atom. The molecule has 35 heavy (non-hydrogen) atoms. The van der Waals surface area contributed by atoms with Gasteiger partial charge in [0, 0.05) is 17.7 Å². The third kappa shape index (κ3) is 6.58. The zero-order valence-electron chi connectivity index (χ0n) is 18.7. The van der Waals surface area contributed by atoms with Gasteiger partial charge >= 0.3 is 12.1 Å². The molecule has 0 aliphatic carbocycles. The van der Waals surface area contributed by atoms with Crippen LogP contribution in [0.2, 0.25) is 0 Å². The highest BCUT2D eigenvalue weighted by atomic mass is 19.4. The van der Waals surface area contributed by atoms with E-state index in [9.17, 15) is 32.6 Å². The summed E-state index contributed by atoms with van der Waals surface area (Å²) in [5.74, 6) is -2.65. The van der Waals surface area contributed by atoms with Crippen LogP contribution in [-0.4, -0.2) is 50.2 Å². The maximum absolute atomic E-state index is 14.0. The topological polar surface area (TPSA) is 105 Å². The van der Waals surface area contributed by atoms with E-state index in [4.69, 9.17) is 9.84 Å². The number of benzene rings is 2. The number of aliphatic carboxylic acids is 1. The second-order valence-electron chi connectivity index (χ2n) is 7.95. The Bertz CT molecular complexity index is 1160. The SMILES string of the molecule is COc1cccc(-c2nc(C(F)(F)F)n(CC[C@@H](O)C[C@@H](O)CC(=O)O)c2-c2ccc(F)cc2)c1. The molecule has 0 spiro atoms. The Morgan fingerprint density at radius 1 is 1.09 bits per heavy atom. The molecule has 3 aromatic rings. The fourth-order valence-electron chi connectivity index (χ4n) is 3.75. The van der Waals surface area contributed by atoms with Crippen molar-refractivity contribution in [2.24, 2.45) is 0 Å². The number of carboxylic acid groups (broad SMARTS) is 1. The summed E-state index contributed by atoms with van der Waals surface area (Å²) >= 11 is 0. The van der Waals surface area contributed by atoms with Gasteiger partial charge < -0.3 is 24.6 Å². The largest absolute Gasteiger partial charge is 0.497 e. The number of carbonyl (C=O) groups is 1. The Hall–Kier alpha value is -3.44. The van der Waals surface area contributed by atoms with Crippen molar-refractivity contribution in [3.8, 4) is 28.3 Å². The quantitative estimate of drug-likeness (QED) is 0.361. The molecule has 0 bridgehead atoms. The van der Waals surface area contributed by atoms with E-state index < -0.39 is 42.4 Å². The summed E-state index contributed by atoms with van der Waals surface area (Å²) in [6.07, 6.45) is -8.61. The number of aliphatic hydroxyl groups is 2. The standard InChI is InChI=1S/C24H24F4N2O5/c1-35-19-4-2-3-15(11-19)21-22(14-5-7-16(25)8-6-14)30(23(29-21)24(26,27)28)10-9-17(31)12-18(32)13-20(33)34/h2-8,11,17-18,31-32H,9-10,12-13H2,1H3,(H,33,34)/t17-,18-/m1/s1. The number of rotatable bonds is 10. The molecule has 0 aliphatic heterocycles. The number of carboxylic acids is 1. The number of nitrogens with zero attached hydrogens (tertiary/aromatic N) is 2. The summed E-state index contributed by atoms with van der Waals surface area (Å²) in [5.41, 5.74) is 0.657. The zero-order chi connectivity index (χ0) is 25.8. The Labute approximate surface area is 198 Å². The zero-order valence-corrected chi connectivity index (χ0v) is 18.7. The highest BCUT2D eigenvalue weighted by Crippen LogP contribution is 2.39. The van der Waals surface area contributed by atoms with Crippen molar-refractivity contribution in [1.82, 2.24) is 9.55 Å². The van der Waals surface area contributed by atoms with E-state index in [0.717, 1.165) is 16.7 Å². The molecule has 2 aromatic carbocycles. The Morgan fingerprint density at radius 3 is 2.37 bits per heavy atom. The maximum Gasteiger partial charge on any atom is 0.449 e. The highest BCUT2D eigenvalue weighted by molar-refractivity contribution is 5.79. The molecular weight excluding hydrogens is 472 g/mol. The maximum atomic E-state index is 14.0. The molecule has 7 nitrogen and oxygen atoms in total. The monoisotopic (exact) mass is 496 g/mol. The summed E-state index contributed by atoms with van der Waals surface area (Å²) in [4.78, 5) is 14.6. The first-order valence-corrected chi connectivity index (χ1v) is 10.7. The van der Waals surface area contributed by atoms with Crippen LogP contribution in [0.1, 0.15) is 25.1 Å². The first-order chi connectivity index (χ1) is 16.5. The van der Waals surface area contributed by atoms with Gasteiger partial charge in [0.15, 0.2) is 0 Å². The summed E-state index contributed by atoms with van der Waals surface area (Å²) in [6, 6.07) is 11.2.